The van der Waals surface area contributed by atoms with Crippen LogP contribution < -0.4 is 15.4 Å². The van der Waals surface area contributed by atoms with Crippen LogP contribution in [0.2, 0.25) is 0 Å². The second-order valence-electron chi connectivity index (χ2n) is 5.73. The molecular formula is C19H28N4O2S. The van der Waals surface area contributed by atoms with Gasteiger partial charge in [0, 0.05) is 37.1 Å². The van der Waals surface area contributed by atoms with Crippen molar-refractivity contribution in [2.24, 2.45) is 4.99 Å². The van der Waals surface area contributed by atoms with Crippen LogP contribution in [0.25, 0.3) is 0 Å². The Morgan fingerprint density at radius 3 is 2.81 bits per heavy atom. The van der Waals surface area contributed by atoms with Crippen molar-refractivity contribution in [3.8, 4) is 11.5 Å². The number of rotatable bonds is 9. The Balaban J connectivity index is 1.85. The first-order valence-corrected chi connectivity index (χ1v) is 9.80. The minimum Gasteiger partial charge on any atom is -0.504 e. The quantitative estimate of drug-likeness (QED) is 0.463. The minimum atomic E-state index is 0.203. The molecule has 1 heterocycles. The smallest absolute Gasteiger partial charge is 0.191 e. The molecule has 3 N–H and O–H groups in total. The van der Waals surface area contributed by atoms with Gasteiger partial charge < -0.3 is 20.5 Å². The third-order valence-electron chi connectivity index (χ3n) is 3.88. The zero-order valence-corrected chi connectivity index (χ0v) is 16.5. The number of methoxy groups -OCH3 is 1. The summed E-state index contributed by atoms with van der Waals surface area (Å²) in [5.74, 6) is 1.48. The number of phenols is 1. The largest absolute Gasteiger partial charge is 0.504 e. The first-order chi connectivity index (χ1) is 12.7. The van der Waals surface area contributed by atoms with Crippen LogP contribution >= 0.6 is 11.3 Å². The molecule has 0 atom stereocenters. The van der Waals surface area contributed by atoms with Gasteiger partial charge in [-0.3, -0.25) is 4.99 Å². The van der Waals surface area contributed by atoms with E-state index >= 15 is 0 Å². The van der Waals surface area contributed by atoms with E-state index in [0.29, 0.717) is 25.3 Å². The lowest BCUT2D eigenvalue weighted by Gasteiger charge is -2.12. The fourth-order valence-corrected chi connectivity index (χ4v) is 3.33. The summed E-state index contributed by atoms with van der Waals surface area (Å²) < 4.78 is 5.15. The number of nitrogens with one attached hydrogen (secondary N) is 2. The summed E-state index contributed by atoms with van der Waals surface area (Å²) in [7, 11) is 1.55. The summed E-state index contributed by atoms with van der Waals surface area (Å²) in [4.78, 5) is 10.3. The van der Waals surface area contributed by atoms with Gasteiger partial charge in [0.25, 0.3) is 0 Å². The van der Waals surface area contributed by atoms with Gasteiger partial charge in [-0.05, 0) is 31.4 Å². The van der Waals surface area contributed by atoms with Crippen LogP contribution in [-0.2, 0) is 19.3 Å². The number of aromatic hydroxyl groups is 1. The highest BCUT2D eigenvalue weighted by Crippen LogP contribution is 2.29. The predicted molar refractivity (Wildman–Crippen MR) is 108 cm³/mol. The third-order valence-corrected chi connectivity index (χ3v) is 5.08. The molecule has 142 valence electrons. The molecule has 0 unspecified atom stereocenters. The summed E-state index contributed by atoms with van der Waals surface area (Å²) >= 11 is 1.76. The van der Waals surface area contributed by atoms with Crippen molar-refractivity contribution in [3.05, 3.63) is 39.8 Å². The third kappa shape index (κ3) is 5.91. The number of thiazole rings is 1. The van der Waals surface area contributed by atoms with Crippen molar-refractivity contribution in [3.63, 3.8) is 0 Å². The Hall–Kier alpha value is -2.28. The average Bonchev–Trinajstić information content (AvgIpc) is 3.11. The van der Waals surface area contributed by atoms with Gasteiger partial charge in [-0.1, -0.05) is 19.1 Å². The molecule has 2 rings (SSSR count). The Bertz CT molecular complexity index is 715. The summed E-state index contributed by atoms with van der Waals surface area (Å²) in [5.41, 5.74) is 0.850. The first-order valence-electron chi connectivity index (χ1n) is 8.98. The summed E-state index contributed by atoms with van der Waals surface area (Å²) in [6, 6.07) is 5.53. The van der Waals surface area contributed by atoms with Gasteiger partial charge in [-0.15, -0.1) is 11.3 Å². The van der Waals surface area contributed by atoms with E-state index in [9.17, 15) is 5.11 Å². The van der Waals surface area contributed by atoms with E-state index in [1.54, 1.807) is 24.5 Å². The van der Waals surface area contributed by atoms with Crippen LogP contribution in [0.1, 0.15) is 29.3 Å². The number of benzene rings is 1. The molecule has 2 aromatic rings. The molecule has 0 radical (unpaired) electrons. The van der Waals surface area contributed by atoms with Gasteiger partial charge in [0.05, 0.1) is 12.1 Å². The maximum absolute atomic E-state index is 10.1. The molecule has 7 heteroatoms. The highest BCUT2D eigenvalue weighted by atomic mass is 32.1. The fraction of sp³-hybridized carbons (Fsp3) is 0.474. The molecule has 1 aromatic carbocycles. The molecule has 0 aliphatic heterocycles. The number of aromatic nitrogens is 1. The standard InChI is InChI=1S/C19H28N4O2S/c1-4-15-13-23-17(26-15)10-12-22-19(20-5-2)21-11-9-14-7-6-8-16(25-3)18(14)24/h6-8,13,24H,4-5,9-12H2,1-3H3,(H2,20,21,22). The van der Waals surface area contributed by atoms with Crippen molar-refractivity contribution in [1.82, 2.24) is 15.6 Å². The second-order valence-corrected chi connectivity index (χ2v) is 6.93. The Labute approximate surface area is 159 Å². The number of para-hydroxylation sites is 1. The van der Waals surface area contributed by atoms with Crippen molar-refractivity contribution in [1.29, 1.82) is 0 Å². The molecule has 0 bridgehead atoms. The number of phenolic OH excluding ortho intramolecular Hbond substituents is 1. The molecule has 1 aromatic heterocycles. The summed E-state index contributed by atoms with van der Waals surface area (Å²) in [5, 5.41) is 17.8. The highest BCUT2D eigenvalue weighted by Gasteiger charge is 2.07. The lowest BCUT2D eigenvalue weighted by molar-refractivity contribution is 0.370. The maximum atomic E-state index is 10.1. The van der Waals surface area contributed by atoms with Gasteiger partial charge in [0.1, 0.15) is 0 Å². The van der Waals surface area contributed by atoms with Crippen LogP contribution in [-0.4, -0.2) is 42.8 Å². The summed E-state index contributed by atoms with van der Waals surface area (Å²) in [6.07, 6.45) is 4.51. The zero-order chi connectivity index (χ0) is 18.8. The molecule has 0 aliphatic carbocycles. The van der Waals surface area contributed by atoms with Crippen molar-refractivity contribution in [2.75, 3.05) is 26.7 Å². The van der Waals surface area contributed by atoms with E-state index in [2.05, 4.69) is 27.5 Å². The number of aliphatic imine (C=N–C) groups is 1. The van der Waals surface area contributed by atoms with Gasteiger partial charge in [-0.2, -0.15) is 0 Å². The van der Waals surface area contributed by atoms with E-state index in [4.69, 9.17) is 4.74 Å². The average molecular weight is 377 g/mol. The Morgan fingerprint density at radius 2 is 2.12 bits per heavy atom. The SMILES string of the molecule is CCNC(=NCCc1ncc(CC)s1)NCCc1cccc(OC)c1O. The van der Waals surface area contributed by atoms with E-state index < -0.39 is 0 Å². The zero-order valence-electron chi connectivity index (χ0n) is 15.7. The molecule has 0 saturated heterocycles. The predicted octanol–water partition coefficient (Wildman–Crippen LogP) is 2.76. The van der Waals surface area contributed by atoms with Crippen LogP contribution in [0, 0.1) is 0 Å². The van der Waals surface area contributed by atoms with Crippen LogP contribution in [0.3, 0.4) is 0 Å². The van der Waals surface area contributed by atoms with Crippen molar-refractivity contribution in [2.45, 2.75) is 33.1 Å². The minimum absolute atomic E-state index is 0.203. The van der Waals surface area contributed by atoms with Crippen LogP contribution in [0.15, 0.2) is 29.4 Å². The highest BCUT2D eigenvalue weighted by molar-refractivity contribution is 7.11. The number of aryl methyl sites for hydroxylation is 1. The van der Waals surface area contributed by atoms with Gasteiger partial charge in [0.15, 0.2) is 17.5 Å². The Morgan fingerprint density at radius 1 is 1.27 bits per heavy atom. The number of nitrogens with zero attached hydrogens (tertiary/aromatic N) is 2. The number of hydrogen-bond acceptors (Lipinski definition) is 5. The van der Waals surface area contributed by atoms with E-state index in [0.717, 1.165) is 35.9 Å². The Kier molecular flexibility index (Phi) is 8.21. The van der Waals surface area contributed by atoms with E-state index in [-0.39, 0.29) is 5.75 Å². The van der Waals surface area contributed by atoms with Crippen LogP contribution in [0.5, 0.6) is 11.5 Å². The van der Waals surface area contributed by atoms with Gasteiger partial charge in [0.2, 0.25) is 0 Å². The number of ether oxygens (including phenoxy) is 1. The van der Waals surface area contributed by atoms with E-state index in [1.165, 1.54) is 4.88 Å². The molecule has 6 nitrogen and oxygen atoms in total. The lowest BCUT2D eigenvalue weighted by Crippen LogP contribution is -2.38. The van der Waals surface area contributed by atoms with Crippen molar-refractivity contribution < 1.29 is 9.84 Å². The van der Waals surface area contributed by atoms with Crippen LogP contribution in [0.4, 0.5) is 0 Å². The van der Waals surface area contributed by atoms with Gasteiger partial charge in [-0.25, -0.2) is 4.98 Å². The fourth-order valence-electron chi connectivity index (χ4n) is 2.48. The van der Waals surface area contributed by atoms with Crippen molar-refractivity contribution >= 4 is 17.3 Å². The molecule has 0 spiro atoms. The summed E-state index contributed by atoms with van der Waals surface area (Å²) in [6.45, 7) is 6.34. The molecule has 0 aliphatic rings. The molecule has 0 fully saturated rings. The normalized spacial score (nSPS) is 11.4. The van der Waals surface area contributed by atoms with E-state index in [1.807, 2.05) is 25.3 Å². The molecular weight excluding hydrogens is 348 g/mol. The van der Waals surface area contributed by atoms with Gasteiger partial charge >= 0.3 is 0 Å². The molecule has 26 heavy (non-hydrogen) atoms. The first kappa shape index (κ1) is 20.0. The molecule has 0 amide bonds. The number of hydrogen-bond donors (Lipinski definition) is 3. The second kappa shape index (κ2) is 10.7. The topological polar surface area (TPSA) is 78.8 Å². The number of guanidine groups is 1. The maximum Gasteiger partial charge on any atom is 0.191 e. The molecule has 0 saturated carbocycles. The monoisotopic (exact) mass is 376 g/mol. The lowest BCUT2D eigenvalue weighted by atomic mass is 10.1.